The number of alkyl halides is 1. The molecule has 0 amide bonds. The van der Waals surface area contributed by atoms with Crippen LogP contribution >= 0.6 is 15.9 Å². The summed E-state index contributed by atoms with van der Waals surface area (Å²) in [5.74, 6) is 0. The van der Waals surface area contributed by atoms with Gasteiger partial charge in [-0.15, -0.1) is 0 Å². The summed E-state index contributed by atoms with van der Waals surface area (Å²) >= 11 is 3.47. The highest BCUT2D eigenvalue weighted by Gasteiger charge is 2.28. The Bertz CT molecular complexity index is 281. The van der Waals surface area contributed by atoms with Crippen LogP contribution < -0.4 is 0 Å². The van der Waals surface area contributed by atoms with Crippen LogP contribution in [0, 0.1) is 0 Å². The van der Waals surface area contributed by atoms with Gasteiger partial charge in [-0.25, -0.2) is 0 Å². The van der Waals surface area contributed by atoms with Crippen molar-refractivity contribution in [2.75, 3.05) is 13.1 Å². The Morgan fingerprint density at radius 1 is 1.29 bits per heavy atom. The van der Waals surface area contributed by atoms with Crippen molar-refractivity contribution in [1.82, 2.24) is 4.90 Å². The highest BCUT2D eigenvalue weighted by atomic mass is 79.9. The molecule has 3 heteroatoms. The van der Waals surface area contributed by atoms with Crippen molar-refractivity contribution >= 4 is 15.9 Å². The first-order chi connectivity index (χ1) is 6.75. The zero-order valence-electron chi connectivity index (χ0n) is 7.94. The first-order valence-corrected chi connectivity index (χ1v) is 5.75. The van der Waals surface area contributed by atoms with E-state index in [0.717, 1.165) is 19.6 Å². The van der Waals surface area contributed by atoms with Gasteiger partial charge in [0.05, 0.1) is 10.9 Å². The number of nitrogens with zero attached hydrogens (tertiary/aromatic N) is 1. The maximum Gasteiger partial charge on any atom is 0.0804 e. The Kier molecular flexibility index (Phi) is 3.21. The second-order valence-electron chi connectivity index (χ2n) is 3.76. The predicted molar refractivity (Wildman–Crippen MR) is 60.4 cm³/mol. The van der Waals surface area contributed by atoms with Gasteiger partial charge < -0.3 is 5.11 Å². The highest BCUT2D eigenvalue weighted by molar-refractivity contribution is 9.09. The smallest absolute Gasteiger partial charge is 0.0804 e. The fourth-order valence-electron chi connectivity index (χ4n) is 1.79. The van der Waals surface area contributed by atoms with Crippen LogP contribution in [0.2, 0.25) is 0 Å². The average molecular weight is 256 g/mol. The minimum absolute atomic E-state index is 0.223. The summed E-state index contributed by atoms with van der Waals surface area (Å²) in [5, 5.41) is 9.56. The molecule has 1 aliphatic rings. The topological polar surface area (TPSA) is 23.5 Å². The van der Waals surface area contributed by atoms with Gasteiger partial charge >= 0.3 is 0 Å². The Hall–Kier alpha value is -0.380. The number of hydrogen-bond acceptors (Lipinski definition) is 2. The van der Waals surface area contributed by atoms with Gasteiger partial charge in [-0.1, -0.05) is 46.3 Å². The van der Waals surface area contributed by atoms with Crippen molar-refractivity contribution in [2.45, 2.75) is 17.5 Å². The first kappa shape index (κ1) is 10.1. The van der Waals surface area contributed by atoms with Gasteiger partial charge in [0, 0.05) is 19.6 Å². The second-order valence-corrected chi connectivity index (χ2v) is 4.94. The van der Waals surface area contributed by atoms with Gasteiger partial charge in [-0.05, 0) is 5.56 Å². The monoisotopic (exact) mass is 255 g/mol. The number of aliphatic hydroxyl groups is 1. The van der Waals surface area contributed by atoms with Crippen LogP contribution in [0.5, 0.6) is 0 Å². The fraction of sp³-hybridized carbons (Fsp3) is 0.455. The number of benzene rings is 1. The van der Waals surface area contributed by atoms with Crippen molar-refractivity contribution in [1.29, 1.82) is 0 Å². The van der Waals surface area contributed by atoms with Crippen molar-refractivity contribution in [3.05, 3.63) is 35.9 Å². The van der Waals surface area contributed by atoms with E-state index in [1.807, 2.05) is 18.2 Å². The van der Waals surface area contributed by atoms with E-state index >= 15 is 0 Å². The largest absolute Gasteiger partial charge is 0.391 e. The van der Waals surface area contributed by atoms with Gasteiger partial charge in [-0.2, -0.15) is 0 Å². The molecule has 0 aliphatic carbocycles. The van der Waals surface area contributed by atoms with E-state index in [4.69, 9.17) is 0 Å². The molecular weight excluding hydrogens is 242 g/mol. The SMILES string of the molecule is OC1CN(Cc2ccccc2)CC1Br. The normalized spacial score (nSPS) is 28.1. The third-order valence-electron chi connectivity index (χ3n) is 2.54. The minimum Gasteiger partial charge on any atom is -0.391 e. The molecule has 2 nitrogen and oxygen atoms in total. The Labute approximate surface area is 92.7 Å². The van der Waals surface area contributed by atoms with E-state index in [9.17, 15) is 5.11 Å². The summed E-state index contributed by atoms with van der Waals surface area (Å²) in [5.41, 5.74) is 1.31. The van der Waals surface area contributed by atoms with E-state index in [1.165, 1.54) is 5.56 Å². The zero-order valence-corrected chi connectivity index (χ0v) is 9.52. The molecule has 1 N–H and O–H groups in total. The van der Waals surface area contributed by atoms with Crippen LogP contribution in [-0.4, -0.2) is 34.0 Å². The van der Waals surface area contributed by atoms with E-state index < -0.39 is 0 Å². The second kappa shape index (κ2) is 4.43. The lowest BCUT2D eigenvalue weighted by Gasteiger charge is -2.14. The van der Waals surface area contributed by atoms with Crippen LogP contribution in [-0.2, 0) is 6.54 Å². The molecule has 0 radical (unpaired) electrons. The van der Waals surface area contributed by atoms with Gasteiger partial charge in [0.2, 0.25) is 0 Å². The molecule has 1 aromatic carbocycles. The van der Waals surface area contributed by atoms with E-state index in [2.05, 4.69) is 33.0 Å². The lowest BCUT2D eigenvalue weighted by molar-refractivity contribution is 0.178. The van der Waals surface area contributed by atoms with Crippen LogP contribution in [0.3, 0.4) is 0 Å². The van der Waals surface area contributed by atoms with E-state index in [1.54, 1.807) is 0 Å². The van der Waals surface area contributed by atoms with E-state index in [-0.39, 0.29) is 10.9 Å². The zero-order chi connectivity index (χ0) is 9.97. The third-order valence-corrected chi connectivity index (χ3v) is 3.44. The third kappa shape index (κ3) is 2.35. The molecule has 0 saturated carbocycles. The minimum atomic E-state index is -0.223. The average Bonchev–Trinajstić information content (AvgIpc) is 2.47. The molecule has 1 fully saturated rings. The molecule has 0 aromatic heterocycles. The van der Waals surface area contributed by atoms with E-state index in [0.29, 0.717) is 0 Å². The van der Waals surface area contributed by atoms with Gasteiger partial charge in [0.15, 0.2) is 0 Å². The number of rotatable bonds is 2. The number of likely N-dealkylation sites (tertiary alicyclic amines) is 1. The standard InChI is InChI=1S/C11H14BrNO/c12-10-7-13(8-11(10)14)6-9-4-2-1-3-5-9/h1-5,10-11,14H,6-8H2. The van der Waals surface area contributed by atoms with Crippen LogP contribution in [0.25, 0.3) is 0 Å². The molecule has 0 bridgehead atoms. The summed E-state index contributed by atoms with van der Waals surface area (Å²) < 4.78 is 0. The molecular formula is C11H14BrNO. The Morgan fingerprint density at radius 2 is 2.00 bits per heavy atom. The lowest BCUT2D eigenvalue weighted by atomic mass is 10.2. The summed E-state index contributed by atoms with van der Waals surface area (Å²) in [6.45, 7) is 2.63. The molecule has 0 spiro atoms. The summed E-state index contributed by atoms with van der Waals surface area (Å²) in [7, 11) is 0. The van der Waals surface area contributed by atoms with Crippen LogP contribution in [0.1, 0.15) is 5.56 Å². The first-order valence-electron chi connectivity index (χ1n) is 4.84. The molecule has 1 aliphatic heterocycles. The summed E-state index contributed by atoms with van der Waals surface area (Å²) in [6, 6.07) is 10.4. The van der Waals surface area contributed by atoms with Gasteiger partial charge in [-0.3, -0.25) is 4.90 Å². The maximum absolute atomic E-state index is 9.56. The lowest BCUT2D eigenvalue weighted by Crippen LogP contribution is -2.21. The molecule has 2 unspecified atom stereocenters. The molecule has 2 rings (SSSR count). The quantitative estimate of drug-likeness (QED) is 0.813. The molecule has 1 heterocycles. The molecule has 14 heavy (non-hydrogen) atoms. The summed E-state index contributed by atoms with van der Waals surface area (Å²) in [6.07, 6.45) is -0.223. The van der Waals surface area contributed by atoms with Crippen LogP contribution in [0.15, 0.2) is 30.3 Å². The number of β-amino-alcohol motifs (C(OH)–C–C–N with tert-alkyl or cyclic N) is 1. The van der Waals surface area contributed by atoms with Crippen molar-refractivity contribution in [3.63, 3.8) is 0 Å². The maximum atomic E-state index is 9.56. The number of aliphatic hydroxyl groups excluding tert-OH is 1. The molecule has 1 saturated heterocycles. The Balaban J connectivity index is 1.94. The van der Waals surface area contributed by atoms with Gasteiger partial charge in [0.25, 0.3) is 0 Å². The molecule has 76 valence electrons. The predicted octanol–water partition coefficient (Wildman–Crippen LogP) is 1.63. The van der Waals surface area contributed by atoms with Gasteiger partial charge in [0.1, 0.15) is 0 Å². The highest BCUT2D eigenvalue weighted by Crippen LogP contribution is 2.19. The summed E-state index contributed by atoms with van der Waals surface area (Å²) in [4.78, 5) is 2.49. The number of halogens is 1. The van der Waals surface area contributed by atoms with Crippen molar-refractivity contribution in [3.8, 4) is 0 Å². The molecule has 1 aromatic rings. The van der Waals surface area contributed by atoms with Crippen molar-refractivity contribution in [2.24, 2.45) is 0 Å². The number of hydrogen-bond donors (Lipinski definition) is 1. The van der Waals surface area contributed by atoms with Crippen molar-refractivity contribution < 1.29 is 5.11 Å². The van der Waals surface area contributed by atoms with Crippen LogP contribution in [0.4, 0.5) is 0 Å². The molecule has 2 atom stereocenters. The Morgan fingerprint density at radius 3 is 2.57 bits per heavy atom. The fourth-order valence-corrected chi connectivity index (χ4v) is 2.37.